The predicted molar refractivity (Wildman–Crippen MR) is 26.8 cm³/mol. The summed E-state index contributed by atoms with van der Waals surface area (Å²) >= 11 is 0. The van der Waals surface area contributed by atoms with E-state index in [1.54, 1.807) is 0 Å². The fourth-order valence-corrected chi connectivity index (χ4v) is 0.579. The van der Waals surface area contributed by atoms with E-state index < -0.39 is 22.9 Å². The van der Waals surface area contributed by atoms with Gasteiger partial charge in [0.2, 0.25) is 0 Å². The average molecular weight is 211 g/mol. The molecule has 0 saturated heterocycles. The highest BCUT2D eigenvalue weighted by Crippen LogP contribution is 2.26. The van der Waals surface area contributed by atoms with E-state index in [4.69, 9.17) is 4.91 Å². The van der Waals surface area contributed by atoms with E-state index in [0.29, 0.717) is 0 Å². The van der Waals surface area contributed by atoms with Crippen LogP contribution < -0.4 is 0 Å². The molecule has 0 fully saturated rings. The molecule has 0 aliphatic rings. The van der Waals surface area contributed by atoms with Crippen LogP contribution in [0.25, 0.3) is 0 Å². The Morgan fingerprint density at radius 1 is 1.42 bits per heavy atom. The molecule has 72 valence electrons. The lowest BCUT2D eigenvalue weighted by Crippen LogP contribution is -2.32. The molecule has 0 N–H and O–H groups in total. The van der Waals surface area contributed by atoms with Crippen LogP contribution in [0, 0.1) is 4.91 Å². The van der Waals surface area contributed by atoms with Crippen molar-refractivity contribution in [3.05, 3.63) is 4.91 Å². The highest BCUT2D eigenvalue weighted by atomic mass is 32.3. The maximum Gasteiger partial charge on any atom is 0.442 e. The third-order valence-electron chi connectivity index (χ3n) is 0.581. The molecule has 0 spiro atoms. The van der Waals surface area contributed by atoms with E-state index in [-0.39, 0.29) is 0 Å². The van der Waals surface area contributed by atoms with Gasteiger partial charge in [-0.15, -0.1) is 4.91 Å². The number of alkyl halides is 3. The fraction of sp³-hybridized carbons (Fsp3) is 1.00. The molecular weight excluding hydrogens is 210 g/mol. The first-order valence-electron chi connectivity index (χ1n) is 2.18. The Balaban J connectivity index is 4.53. The highest BCUT2D eigenvalue weighted by molar-refractivity contribution is 7.81. The molecule has 0 saturated carbocycles. The first-order chi connectivity index (χ1) is 5.19. The van der Waals surface area contributed by atoms with E-state index in [2.05, 4.69) is 4.18 Å². The summed E-state index contributed by atoms with van der Waals surface area (Å²) in [5.74, 6) is 0. The number of hydrogen-bond donors (Lipinski definition) is 0. The van der Waals surface area contributed by atoms with Crippen LogP contribution in [-0.2, 0) is 14.7 Å². The number of halogens is 4. The van der Waals surface area contributed by atoms with Crippen LogP contribution >= 0.6 is 0 Å². The minimum Gasteiger partial charge on any atom is -0.208 e. The Labute approximate surface area is 63.7 Å². The van der Waals surface area contributed by atoms with Crippen LogP contribution in [0.15, 0.2) is 5.18 Å². The Hall–Kier alpha value is -0.770. The maximum absolute atomic E-state index is 11.8. The van der Waals surface area contributed by atoms with Crippen molar-refractivity contribution in [2.45, 2.75) is 12.4 Å². The van der Waals surface area contributed by atoms with Gasteiger partial charge in [-0.25, -0.2) is 4.39 Å². The number of hydrogen-bond acceptors (Lipinski definition) is 5. The minimum absolute atomic E-state index is 1.12. The molecular formula is C2HF4NO4S. The summed E-state index contributed by atoms with van der Waals surface area (Å²) in [4.78, 5) is 9.14. The smallest absolute Gasteiger partial charge is 0.208 e. The van der Waals surface area contributed by atoms with Crippen molar-refractivity contribution in [3.8, 4) is 0 Å². The van der Waals surface area contributed by atoms with Gasteiger partial charge in [-0.1, -0.05) is 3.89 Å². The van der Waals surface area contributed by atoms with Crippen LogP contribution in [-0.4, -0.2) is 20.8 Å². The first kappa shape index (κ1) is 11.2. The van der Waals surface area contributed by atoms with Gasteiger partial charge in [0, 0.05) is 0 Å². The van der Waals surface area contributed by atoms with Gasteiger partial charge >= 0.3 is 22.9 Å². The third kappa shape index (κ3) is 3.57. The molecule has 1 atom stereocenters. The van der Waals surface area contributed by atoms with Crippen LogP contribution in [0.1, 0.15) is 0 Å². The molecule has 0 amide bonds. The molecule has 5 nitrogen and oxygen atoms in total. The summed E-state index contributed by atoms with van der Waals surface area (Å²) in [5.41, 5.74) is 0. The van der Waals surface area contributed by atoms with E-state index in [1.165, 1.54) is 0 Å². The van der Waals surface area contributed by atoms with Crippen LogP contribution in [0.2, 0.25) is 0 Å². The van der Waals surface area contributed by atoms with Gasteiger partial charge in [-0.2, -0.15) is 21.4 Å². The van der Waals surface area contributed by atoms with Crippen molar-refractivity contribution in [2.75, 3.05) is 0 Å². The summed E-state index contributed by atoms with van der Waals surface area (Å²) in [7, 11) is -6.03. The normalized spacial score (nSPS) is 15.7. The van der Waals surface area contributed by atoms with E-state index in [0.717, 1.165) is 5.18 Å². The lowest BCUT2D eigenvalue weighted by Gasteiger charge is -2.11. The van der Waals surface area contributed by atoms with Gasteiger partial charge in [0.05, 0.1) is 0 Å². The topological polar surface area (TPSA) is 72.8 Å². The first-order valence-corrected chi connectivity index (χ1v) is 3.49. The van der Waals surface area contributed by atoms with Crippen molar-refractivity contribution >= 4 is 10.5 Å². The Morgan fingerprint density at radius 3 is 2.08 bits per heavy atom. The average Bonchev–Trinajstić information content (AvgIpc) is 1.80. The largest absolute Gasteiger partial charge is 0.442 e. The van der Waals surface area contributed by atoms with E-state index in [1.807, 2.05) is 0 Å². The molecule has 0 aromatic rings. The van der Waals surface area contributed by atoms with Gasteiger partial charge in [0.15, 0.2) is 0 Å². The highest BCUT2D eigenvalue weighted by Gasteiger charge is 2.48. The Bertz CT molecular complexity index is 262. The van der Waals surface area contributed by atoms with Crippen molar-refractivity contribution in [1.29, 1.82) is 0 Å². The second-order valence-corrected chi connectivity index (χ2v) is 2.43. The monoisotopic (exact) mass is 211 g/mol. The van der Waals surface area contributed by atoms with E-state index >= 15 is 0 Å². The zero-order chi connectivity index (χ0) is 9.99. The van der Waals surface area contributed by atoms with Crippen molar-refractivity contribution < 1.29 is 29.7 Å². The van der Waals surface area contributed by atoms with Crippen LogP contribution in [0.5, 0.6) is 0 Å². The second kappa shape index (κ2) is 3.31. The molecule has 0 aromatic carbocycles. The van der Waals surface area contributed by atoms with Gasteiger partial charge in [-0.3, -0.25) is 0 Å². The van der Waals surface area contributed by atoms with Crippen LogP contribution in [0.4, 0.5) is 17.1 Å². The van der Waals surface area contributed by atoms with Crippen molar-refractivity contribution in [1.82, 2.24) is 0 Å². The zero-order valence-corrected chi connectivity index (χ0v) is 5.89. The molecule has 12 heavy (non-hydrogen) atoms. The maximum atomic E-state index is 11.8. The standard InChI is InChI=1S/C2HF4NO4S/c3-1(7-8)2(4,5)11-12(6,9)10/h1H. The lowest BCUT2D eigenvalue weighted by atomic mass is 10.6. The fourth-order valence-electron chi connectivity index (χ4n) is 0.234. The number of rotatable bonds is 4. The number of nitroso groups, excluding NO2 is 1. The van der Waals surface area contributed by atoms with Crippen LogP contribution in [0.3, 0.4) is 0 Å². The quantitative estimate of drug-likeness (QED) is 0.299. The molecule has 0 aliphatic carbocycles. The van der Waals surface area contributed by atoms with Crippen molar-refractivity contribution in [2.24, 2.45) is 5.18 Å². The summed E-state index contributed by atoms with van der Waals surface area (Å²) in [6.07, 6.45) is -8.89. The SMILES string of the molecule is O=NC(F)C(F)(F)OS(=O)(=O)F. The molecule has 10 heteroatoms. The molecule has 0 aliphatic heterocycles. The molecule has 0 rings (SSSR count). The molecule has 0 radical (unpaired) electrons. The lowest BCUT2D eigenvalue weighted by molar-refractivity contribution is -0.216. The Morgan fingerprint density at radius 2 is 1.83 bits per heavy atom. The molecule has 0 aromatic heterocycles. The molecule has 1 unspecified atom stereocenters. The zero-order valence-electron chi connectivity index (χ0n) is 5.08. The molecule has 0 heterocycles. The summed E-state index contributed by atoms with van der Waals surface area (Å²) < 4.78 is 67.7. The minimum atomic E-state index is -6.03. The van der Waals surface area contributed by atoms with Crippen molar-refractivity contribution in [3.63, 3.8) is 0 Å². The van der Waals surface area contributed by atoms with Gasteiger partial charge in [0.25, 0.3) is 0 Å². The number of nitrogens with zero attached hydrogens (tertiary/aromatic N) is 1. The van der Waals surface area contributed by atoms with Gasteiger partial charge in [-0.05, 0) is 5.18 Å². The molecule has 0 bridgehead atoms. The van der Waals surface area contributed by atoms with E-state index in [9.17, 15) is 25.5 Å². The second-order valence-electron chi connectivity index (χ2n) is 1.48. The van der Waals surface area contributed by atoms with Gasteiger partial charge in [0.1, 0.15) is 0 Å². The summed E-state index contributed by atoms with van der Waals surface area (Å²) in [6.45, 7) is 0. The van der Waals surface area contributed by atoms with Gasteiger partial charge < -0.3 is 0 Å². The summed E-state index contributed by atoms with van der Waals surface area (Å²) in [5, 5.41) is 1.12. The Kier molecular flexibility index (Phi) is 3.10. The third-order valence-corrected chi connectivity index (χ3v) is 1.00. The predicted octanol–water partition coefficient (Wildman–Crippen LogP) is 0.872. The summed E-state index contributed by atoms with van der Waals surface area (Å²) in [6, 6.07) is 0.